The van der Waals surface area contributed by atoms with Crippen molar-refractivity contribution < 1.29 is 18.8 Å². The number of unbranched alkanes of at least 4 members (excludes halogenated alkanes) is 4. The molecule has 1 aromatic carbocycles. The smallest absolute Gasteiger partial charge is 0.220 e. The van der Waals surface area contributed by atoms with E-state index in [9.17, 15) is 4.79 Å². The van der Waals surface area contributed by atoms with Gasteiger partial charge in [0.05, 0.1) is 6.04 Å². The Morgan fingerprint density at radius 3 is 2.60 bits per heavy atom. The lowest BCUT2D eigenvalue weighted by molar-refractivity contribution is -0.122. The maximum Gasteiger partial charge on any atom is 0.220 e. The van der Waals surface area contributed by atoms with Crippen molar-refractivity contribution >= 4 is 15.4 Å². The van der Waals surface area contributed by atoms with Crippen molar-refractivity contribution in [1.29, 1.82) is 0 Å². The summed E-state index contributed by atoms with van der Waals surface area (Å²) >= 11 is 0. The van der Waals surface area contributed by atoms with Crippen LogP contribution in [0.3, 0.4) is 0 Å². The minimum atomic E-state index is -0.268. The second kappa shape index (κ2) is 12.5. The van der Waals surface area contributed by atoms with E-state index in [1.165, 1.54) is 32.1 Å². The molecule has 0 aliphatic carbocycles. The lowest BCUT2D eigenvalue weighted by Gasteiger charge is -2.31. The maximum atomic E-state index is 12.7. The number of fused-ring (bicyclic) bond motifs is 1. The van der Waals surface area contributed by atoms with Crippen LogP contribution in [0.4, 0.5) is 0 Å². The van der Waals surface area contributed by atoms with Crippen molar-refractivity contribution in [1.82, 2.24) is 10.2 Å². The molecule has 30 heavy (non-hydrogen) atoms. The zero-order chi connectivity index (χ0) is 21.2. The van der Waals surface area contributed by atoms with Crippen molar-refractivity contribution in [3.63, 3.8) is 0 Å². The normalized spacial score (nSPS) is 18.2. The highest BCUT2D eigenvalue weighted by molar-refractivity contribution is 7.09. The Balaban J connectivity index is 1.66. The molecule has 2 aliphatic rings. The second-order valence-electron chi connectivity index (χ2n) is 8.31. The van der Waals surface area contributed by atoms with Gasteiger partial charge < -0.3 is 24.2 Å². The average Bonchev–Trinajstić information content (AvgIpc) is 3.27. The van der Waals surface area contributed by atoms with Gasteiger partial charge in [-0.05, 0) is 50.0 Å². The summed E-state index contributed by atoms with van der Waals surface area (Å²) < 4.78 is 17.2. The molecule has 6 nitrogen and oxygen atoms in total. The van der Waals surface area contributed by atoms with Crippen molar-refractivity contribution in [2.75, 3.05) is 32.8 Å². The third kappa shape index (κ3) is 6.83. The van der Waals surface area contributed by atoms with Crippen molar-refractivity contribution in [2.24, 2.45) is 0 Å². The van der Waals surface area contributed by atoms with E-state index in [-0.39, 0.29) is 18.1 Å². The van der Waals surface area contributed by atoms with E-state index in [2.05, 4.69) is 26.6 Å². The Morgan fingerprint density at radius 1 is 1.13 bits per heavy atom. The highest BCUT2D eigenvalue weighted by Crippen LogP contribution is 2.35. The van der Waals surface area contributed by atoms with Gasteiger partial charge in [-0.15, -0.1) is 0 Å². The number of carbonyl (C=O) groups excluding carboxylic acids is 1. The predicted molar refractivity (Wildman–Crippen MR) is 122 cm³/mol. The van der Waals surface area contributed by atoms with E-state index in [1.54, 1.807) is 0 Å². The van der Waals surface area contributed by atoms with Gasteiger partial charge in [-0.3, -0.25) is 4.79 Å². The van der Waals surface area contributed by atoms with Crippen LogP contribution in [0.5, 0.6) is 11.5 Å². The number of carbonyl (C=O) groups is 1. The first-order valence-electron chi connectivity index (χ1n) is 11.5. The van der Waals surface area contributed by atoms with Gasteiger partial charge >= 0.3 is 0 Å². The van der Waals surface area contributed by atoms with Gasteiger partial charge in [-0.2, -0.15) is 0 Å². The maximum absolute atomic E-state index is 12.7. The van der Waals surface area contributed by atoms with Crippen LogP contribution in [0.1, 0.15) is 70.0 Å². The third-order valence-corrected chi connectivity index (χ3v) is 6.21. The first-order chi connectivity index (χ1) is 14.7. The molecule has 7 heteroatoms. The number of amides is 1. The van der Waals surface area contributed by atoms with Gasteiger partial charge in [0.15, 0.2) is 11.5 Å². The van der Waals surface area contributed by atoms with Crippen LogP contribution < -0.4 is 14.8 Å². The number of likely N-dealkylation sites (tertiary alicyclic amines) is 1. The molecule has 3 rings (SSSR count). The van der Waals surface area contributed by atoms with Crippen LogP contribution in [0.15, 0.2) is 18.2 Å². The van der Waals surface area contributed by atoms with E-state index in [0.29, 0.717) is 19.6 Å². The molecule has 1 unspecified atom stereocenters. The SMILES string of the molecule is CCCCCCCC(=O)N[C@H](CN1CCCC1)[C@H](OP)c1ccc2c(c1)OCCO2. The Kier molecular flexibility index (Phi) is 9.70. The fourth-order valence-corrected chi connectivity index (χ4v) is 4.62. The first-order valence-corrected chi connectivity index (χ1v) is 11.9. The molecule has 0 aromatic heterocycles. The molecule has 1 saturated heterocycles. The summed E-state index contributed by atoms with van der Waals surface area (Å²) in [5.41, 5.74) is 0.988. The van der Waals surface area contributed by atoms with E-state index in [4.69, 9.17) is 14.0 Å². The molecule has 1 N–H and O–H groups in total. The number of nitrogens with zero attached hydrogens (tertiary/aromatic N) is 1. The molecule has 3 atom stereocenters. The fourth-order valence-electron chi connectivity index (χ4n) is 4.27. The molecule has 168 valence electrons. The Bertz CT molecular complexity index is 667. The highest BCUT2D eigenvalue weighted by Gasteiger charge is 2.29. The number of benzene rings is 1. The molecule has 1 aromatic rings. The molecule has 0 spiro atoms. The van der Waals surface area contributed by atoms with Gasteiger partial charge in [0.1, 0.15) is 19.3 Å². The Morgan fingerprint density at radius 2 is 1.87 bits per heavy atom. The topological polar surface area (TPSA) is 60.0 Å². The summed E-state index contributed by atoms with van der Waals surface area (Å²) in [5, 5.41) is 3.27. The van der Waals surface area contributed by atoms with Crippen molar-refractivity contribution in [3.8, 4) is 11.5 Å². The number of hydrogen-bond donors (Lipinski definition) is 1. The molecule has 2 heterocycles. The van der Waals surface area contributed by atoms with Crippen LogP contribution in [0.25, 0.3) is 0 Å². The van der Waals surface area contributed by atoms with Crippen molar-refractivity contribution in [3.05, 3.63) is 23.8 Å². The summed E-state index contributed by atoms with van der Waals surface area (Å²) in [6.07, 6.45) is 8.46. The summed E-state index contributed by atoms with van der Waals surface area (Å²) in [4.78, 5) is 15.1. The summed E-state index contributed by atoms with van der Waals surface area (Å²) in [7, 11) is 2.39. The highest BCUT2D eigenvalue weighted by atomic mass is 31.0. The minimum absolute atomic E-state index is 0.111. The van der Waals surface area contributed by atoms with Crippen LogP contribution >= 0.6 is 9.47 Å². The fraction of sp³-hybridized carbons (Fsp3) is 0.696. The average molecular weight is 437 g/mol. The molecular weight excluding hydrogens is 399 g/mol. The molecule has 0 radical (unpaired) electrons. The minimum Gasteiger partial charge on any atom is -0.486 e. The molecule has 1 fully saturated rings. The van der Waals surface area contributed by atoms with Crippen LogP contribution in [0.2, 0.25) is 0 Å². The summed E-state index contributed by atoms with van der Waals surface area (Å²) in [6.45, 7) is 6.27. The first kappa shape index (κ1) is 23.3. The van der Waals surface area contributed by atoms with Gasteiger partial charge in [-0.1, -0.05) is 38.7 Å². The van der Waals surface area contributed by atoms with Gasteiger partial charge in [0, 0.05) is 22.4 Å². The van der Waals surface area contributed by atoms with Crippen molar-refractivity contribution in [2.45, 2.75) is 70.4 Å². The monoisotopic (exact) mass is 436 g/mol. The zero-order valence-electron chi connectivity index (χ0n) is 18.2. The molecule has 0 bridgehead atoms. The lowest BCUT2D eigenvalue weighted by Crippen LogP contribution is -2.46. The number of ether oxygens (including phenoxy) is 2. The number of hydrogen-bond acceptors (Lipinski definition) is 5. The number of nitrogens with one attached hydrogen (secondary N) is 1. The zero-order valence-corrected chi connectivity index (χ0v) is 19.4. The third-order valence-electron chi connectivity index (χ3n) is 5.91. The van der Waals surface area contributed by atoms with Crippen LogP contribution in [-0.2, 0) is 9.32 Å². The van der Waals surface area contributed by atoms with E-state index >= 15 is 0 Å². The van der Waals surface area contributed by atoms with Gasteiger partial charge in [0.25, 0.3) is 0 Å². The van der Waals surface area contributed by atoms with E-state index in [1.807, 2.05) is 18.2 Å². The largest absolute Gasteiger partial charge is 0.486 e. The molecule has 2 aliphatic heterocycles. The predicted octanol–water partition coefficient (Wildman–Crippen LogP) is 4.25. The Labute approximate surface area is 183 Å². The van der Waals surface area contributed by atoms with E-state index in [0.717, 1.165) is 49.5 Å². The Hall–Kier alpha value is -1.36. The van der Waals surface area contributed by atoms with Gasteiger partial charge in [0.2, 0.25) is 5.91 Å². The molecule has 1 amide bonds. The number of rotatable bonds is 12. The lowest BCUT2D eigenvalue weighted by atomic mass is 10.0. The van der Waals surface area contributed by atoms with Gasteiger partial charge in [-0.25, -0.2) is 0 Å². The summed E-state index contributed by atoms with van der Waals surface area (Å²) in [5.74, 6) is 1.62. The van der Waals surface area contributed by atoms with E-state index < -0.39 is 0 Å². The summed E-state index contributed by atoms with van der Waals surface area (Å²) in [6, 6.07) is 5.81. The quantitative estimate of drug-likeness (QED) is 0.392. The van der Waals surface area contributed by atoms with Crippen LogP contribution in [0, 0.1) is 0 Å². The standard InChI is InChI=1S/C23H37N2O4P/c1-2-3-4-5-6-9-22(26)24-19(17-25-12-7-8-13-25)23(29-30)18-10-11-20-21(16-18)28-15-14-27-20/h10-11,16,19,23H,2-9,12-15,17,30H2,1H3,(H,24,26)/t19-,23-/m1/s1. The second-order valence-corrected chi connectivity index (χ2v) is 8.58. The molecular formula is C23H37N2O4P. The molecule has 0 saturated carbocycles. The van der Waals surface area contributed by atoms with Crippen LogP contribution in [-0.4, -0.2) is 49.7 Å².